The summed E-state index contributed by atoms with van der Waals surface area (Å²) in [5, 5.41) is 0. The van der Waals surface area contributed by atoms with E-state index in [1.807, 2.05) is 0 Å². The maximum atomic E-state index is 11.7. The fourth-order valence-electron chi connectivity index (χ4n) is 1.64. The van der Waals surface area contributed by atoms with Crippen molar-refractivity contribution < 1.29 is 42.9 Å². The van der Waals surface area contributed by atoms with Crippen molar-refractivity contribution in [1.82, 2.24) is 0 Å². The molecule has 1 aromatic rings. The molecular formula is C18H18O9. The summed E-state index contributed by atoms with van der Waals surface area (Å²) in [4.78, 5) is 45.0. The van der Waals surface area contributed by atoms with Gasteiger partial charge in [0.2, 0.25) is 0 Å². The summed E-state index contributed by atoms with van der Waals surface area (Å²) in [6.07, 6.45) is 3.71. The van der Waals surface area contributed by atoms with Crippen LogP contribution in [0.15, 0.2) is 42.5 Å². The van der Waals surface area contributed by atoms with E-state index in [0.29, 0.717) is 5.56 Å². The van der Waals surface area contributed by atoms with Gasteiger partial charge < -0.3 is 23.7 Å². The van der Waals surface area contributed by atoms with Crippen LogP contribution >= 0.6 is 0 Å². The summed E-state index contributed by atoms with van der Waals surface area (Å²) in [7, 11) is 3.73. The first-order valence-electron chi connectivity index (χ1n) is 7.47. The van der Waals surface area contributed by atoms with E-state index in [2.05, 4.69) is 9.47 Å². The Morgan fingerprint density at radius 1 is 0.778 bits per heavy atom. The molecule has 0 aliphatic carbocycles. The second kappa shape index (κ2) is 11.1. The van der Waals surface area contributed by atoms with Gasteiger partial charge in [0.1, 0.15) is 6.61 Å². The first-order valence-corrected chi connectivity index (χ1v) is 7.47. The number of methoxy groups -OCH3 is 3. The van der Waals surface area contributed by atoms with Gasteiger partial charge in [-0.2, -0.15) is 0 Å². The minimum atomic E-state index is -0.800. The van der Waals surface area contributed by atoms with Crippen molar-refractivity contribution in [3.05, 3.63) is 48.1 Å². The summed E-state index contributed by atoms with van der Waals surface area (Å²) in [5.41, 5.74) is 0.552. The highest BCUT2D eigenvalue weighted by Crippen LogP contribution is 2.28. The predicted molar refractivity (Wildman–Crippen MR) is 90.7 cm³/mol. The molecule has 0 amide bonds. The number of esters is 4. The molecule has 0 spiro atoms. The lowest BCUT2D eigenvalue weighted by Gasteiger charge is -2.10. The highest BCUT2D eigenvalue weighted by atomic mass is 16.6. The van der Waals surface area contributed by atoms with Crippen molar-refractivity contribution in [2.75, 3.05) is 21.3 Å². The van der Waals surface area contributed by atoms with Crippen molar-refractivity contribution in [2.24, 2.45) is 0 Å². The molecule has 144 valence electrons. The van der Waals surface area contributed by atoms with Gasteiger partial charge in [0.05, 0.1) is 21.3 Å². The lowest BCUT2D eigenvalue weighted by atomic mass is 10.2. The van der Waals surface area contributed by atoms with Crippen molar-refractivity contribution >= 4 is 23.9 Å². The molecule has 0 saturated heterocycles. The minimum Gasteiger partial charge on any atom is -0.493 e. The van der Waals surface area contributed by atoms with Gasteiger partial charge in [0, 0.05) is 24.3 Å². The molecule has 9 nitrogen and oxygen atoms in total. The van der Waals surface area contributed by atoms with Gasteiger partial charge in [-0.15, -0.1) is 0 Å². The minimum absolute atomic E-state index is 0.100. The Hall–Kier alpha value is -3.62. The fraction of sp³-hybridized carbons (Fsp3) is 0.222. The Morgan fingerprint density at radius 2 is 1.33 bits per heavy atom. The first-order chi connectivity index (χ1) is 12.9. The normalized spacial score (nSPS) is 10.5. The molecule has 9 heteroatoms. The zero-order valence-corrected chi connectivity index (χ0v) is 14.9. The van der Waals surface area contributed by atoms with Crippen molar-refractivity contribution in [3.8, 4) is 11.5 Å². The number of benzene rings is 1. The van der Waals surface area contributed by atoms with E-state index in [0.717, 1.165) is 24.3 Å². The number of carbonyl (C=O) groups excluding carboxylic acids is 4. The van der Waals surface area contributed by atoms with E-state index in [-0.39, 0.29) is 18.1 Å². The van der Waals surface area contributed by atoms with Gasteiger partial charge >= 0.3 is 23.9 Å². The molecule has 0 heterocycles. The third-order valence-corrected chi connectivity index (χ3v) is 2.93. The van der Waals surface area contributed by atoms with Gasteiger partial charge in [-0.1, -0.05) is 6.07 Å². The van der Waals surface area contributed by atoms with Crippen LogP contribution in [0.4, 0.5) is 0 Å². The molecule has 0 unspecified atom stereocenters. The Balaban J connectivity index is 2.71. The highest BCUT2D eigenvalue weighted by molar-refractivity contribution is 5.93. The van der Waals surface area contributed by atoms with E-state index in [4.69, 9.17) is 14.2 Å². The Bertz CT molecular complexity index is 762. The molecule has 0 N–H and O–H groups in total. The largest absolute Gasteiger partial charge is 0.493 e. The van der Waals surface area contributed by atoms with Gasteiger partial charge in [-0.3, -0.25) is 0 Å². The summed E-state index contributed by atoms with van der Waals surface area (Å²) in [6, 6.07) is 4.49. The smallest absolute Gasteiger partial charge is 0.336 e. The summed E-state index contributed by atoms with van der Waals surface area (Å²) in [5.74, 6) is -2.59. The van der Waals surface area contributed by atoms with E-state index in [1.165, 1.54) is 33.5 Å². The Morgan fingerprint density at radius 3 is 1.89 bits per heavy atom. The van der Waals surface area contributed by atoms with Gasteiger partial charge in [0.15, 0.2) is 11.5 Å². The van der Waals surface area contributed by atoms with Crippen LogP contribution in [0.25, 0.3) is 0 Å². The number of hydrogen-bond donors (Lipinski definition) is 0. The number of hydrogen-bond acceptors (Lipinski definition) is 9. The molecule has 27 heavy (non-hydrogen) atoms. The molecule has 0 saturated carbocycles. The second-order valence-electron chi connectivity index (χ2n) is 4.73. The first kappa shape index (κ1) is 21.4. The summed E-state index contributed by atoms with van der Waals surface area (Å²) in [6.45, 7) is -0.100. The number of ether oxygens (including phenoxy) is 5. The highest BCUT2D eigenvalue weighted by Gasteiger charge is 2.10. The van der Waals surface area contributed by atoms with Crippen LogP contribution < -0.4 is 9.47 Å². The molecule has 0 atom stereocenters. The molecular weight excluding hydrogens is 360 g/mol. The van der Waals surface area contributed by atoms with Crippen molar-refractivity contribution in [2.45, 2.75) is 6.61 Å². The van der Waals surface area contributed by atoms with Gasteiger partial charge in [0.25, 0.3) is 0 Å². The van der Waals surface area contributed by atoms with E-state index in [9.17, 15) is 19.2 Å². The molecule has 0 aliphatic heterocycles. The van der Waals surface area contributed by atoms with E-state index < -0.39 is 23.9 Å². The Kier molecular flexibility index (Phi) is 8.79. The SMILES string of the molecule is COC(=O)/C=C/C(=O)OCc1ccc(OC(=O)/C=C/C(=O)OC)c(OC)c1. The van der Waals surface area contributed by atoms with Crippen LogP contribution in [0.5, 0.6) is 11.5 Å². The fourth-order valence-corrected chi connectivity index (χ4v) is 1.64. The average molecular weight is 378 g/mol. The molecule has 0 bridgehead atoms. The van der Waals surface area contributed by atoms with Crippen LogP contribution in [-0.4, -0.2) is 45.2 Å². The number of rotatable bonds is 8. The van der Waals surface area contributed by atoms with E-state index in [1.54, 1.807) is 6.07 Å². The van der Waals surface area contributed by atoms with E-state index >= 15 is 0 Å². The zero-order chi connectivity index (χ0) is 20.2. The molecule has 0 aliphatic rings. The predicted octanol–water partition coefficient (Wildman–Crippen LogP) is 1.10. The Labute approximate surface area is 155 Å². The zero-order valence-electron chi connectivity index (χ0n) is 14.9. The van der Waals surface area contributed by atoms with Crippen molar-refractivity contribution in [1.29, 1.82) is 0 Å². The number of carbonyl (C=O) groups is 4. The van der Waals surface area contributed by atoms with Crippen LogP contribution in [0, 0.1) is 0 Å². The van der Waals surface area contributed by atoms with Crippen molar-refractivity contribution in [3.63, 3.8) is 0 Å². The molecule has 0 fully saturated rings. The van der Waals surface area contributed by atoms with Gasteiger partial charge in [-0.05, 0) is 17.7 Å². The average Bonchev–Trinajstić information content (AvgIpc) is 2.69. The van der Waals surface area contributed by atoms with Crippen LogP contribution in [0.2, 0.25) is 0 Å². The molecule has 0 radical (unpaired) electrons. The summed E-state index contributed by atoms with van der Waals surface area (Å²) < 4.78 is 23.9. The maximum absolute atomic E-state index is 11.7. The monoisotopic (exact) mass is 378 g/mol. The standard InChI is InChI=1S/C18H18O9/c1-23-14-10-12(11-26-17(21)8-6-15(19)24-2)4-5-13(14)27-18(22)9-7-16(20)25-3/h4-10H,11H2,1-3H3/b8-6+,9-7+. The van der Waals surface area contributed by atoms with Crippen LogP contribution in [0.1, 0.15) is 5.56 Å². The maximum Gasteiger partial charge on any atom is 0.336 e. The van der Waals surface area contributed by atoms with Gasteiger partial charge in [-0.25, -0.2) is 19.2 Å². The molecule has 1 rings (SSSR count). The molecule has 1 aromatic carbocycles. The third kappa shape index (κ3) is 7.86. The lowest BCUT2D eigenvalue weighted by Crippen LogP contribution is -2.07. The third-order valence-electron chi connectivity index (χ3n) is 2.93. The van der Waals surface area contributed by atoms with Crippen LogP contribution in [-0.2, 0) is 40.0 Å². The quantitative estimate of drug-likeness (QED) is 0.284. The van der Waals surface area contributed by atoms with Crippen LogP contribution in [0.3, 0.4) is 0 Å². The lowest BCUT2D eigenvalue weighted by molar-refractivity contribution is -0.140. The second-order valence-corrected chi connectivity index (χ2v) is 4.73. The molecule has 0 aromatic heterocycles. The summed E-state index contributed by atoms with van der Waals surface area (Å²) >= 11 is 0. The topological polar surface area (TPSA) is 114 Å².